The van der Waals surface area contributed by atoms with Crippen molar-refractivity contribution in [2.45, 2.75) is 89.5 Å². The van der Waals surface area contributed by atoms with E-state index in [9.17, 15) is 0 Å². The third kappa shape index (κ3) is 29.6. The Morgan fingerprint density at radius 2 is 0.720 bits per heavy atom. The van der Waals surface area contributed by atoms with Crippen molar-refractivity contribution in [1.29, 1.82) is 0 Å². The third-order valence-electron chi connectivity index (χ3n) is 6.76. The maximum Gasteiger partial charge on any atom is 0 e. The first kappa shape index (κ1) is 57.2. The standard InChI is InChI=1S/C13H10.C12H8.C5H13N.2C4H11N.4C2H6.Y/c1-3-7-12-10(5-1)9-11-6-2-4-8-13(11)12;1-3-7-11(8-4-1)12-9-5-2-6-10-12;1-4-6(3)5-2;2*1-4-5(2)3;4*1-2;/h1-8H,9H2;1-7,9H;4-5H2,1-3H3;2*4H2,1-3H3;4*1-2H3;/q;-2;;;;;;;;. The van der Waals surface area contributed by atoms with Gasteiger partial charge in [-0.1, -0.05) is 132 Å². The van der Waals surface area contributed by atoms with E-state index in [1.807, 2.05) is 104 Å². The van der Waals surface area contributed by atoms with Gasteiger partial charge in [-0.2, -0.15) is 48.5 Å². The zero-order chi connectivity index (χ0) is 38.5. The van der Waals surface area contributed by atoms with Crippen molar-refractivity contribution < 1.29 is 32.7 Å². The Morgan fingerprint density at radius 1 is 0.440 bits per heavy atom. The van der Waals surface area contributed by atoms with Gasteiger partial charge in [-0.15, -0.1) is 12.1 Å². The average Bonchev–Trinajstić information content (AvgIpc) is 3.58. The zero-order valence-corrected chi connectivity index (χ0v) is 38.5. The molecular weight excluding hydrogens is 683 g/mol. The number of hydrogen-bond acceptors (Lipinski definition) is 3. The fraction of sp³-hybridized carbons (Fsp3) is 0.478. The molecule has 0 fully saturated rings. The maximum atomic E-state index is 3.15. The summed E-state index contributed by atoms with van der Waals surface area (Å²) >= 11 is 0. The molecule has 1 aliphatic rings. The molecule has 0 heterocycles. The predicted octanol–water partition coefficient (Wildman–Crippen LogP) is 12.4. The van der Waals surface area contributed by atoms with E-state index in [0.717, 1.165) is 43.7 Å². The number of nitrogens with zero attached hydrogens (tertiary/aromatic N) is 3. The zero-order valence-electron chi connectivity index (χ0n) is 35.7. The summed E-state index contributed by atoms with van der Waals surface area (Å²) < 4.78 is 0. The van der Waals surface area contributed by atoms with E-state index in [-0.39, 0.29) is 32.7 Å². The fourth-order valence-electron chi connectivity index (χ4n) is 3.42. The van der Waals surface area contributed by atoms with Gasteiger partial charge in [0.15, 0.2) is 0 Å². The van der Waals surface area contributed by atoms with Crippen molar-refractivity contribution in [1.82, 2.24) is 14.7 Å². The van der Waals surface area contributed by atoms with Crippen LogP contribution in [0.3, 0.4) is 0 Å². The van der Waals surface area contributed by atoms with Gasteiger partial charge in [-0.25, -0.2) is 11.1 Å². The Kier molecular flexibility index (Phi) is 49.2. The molecule has 4 aromatic rings. The van der Waals surface area contributed by atoms with Crippen molar-refractivity contribution >= 4 is 0 Å². The van der Waals surface area contributed by atoms with Gasteiger partial charge in [0.1, 0.15) is 0 Å². The Morgan fingerprint density at radius 3 is 0.940 bits per heavy atom. The van der Waals surface area contributed by atoms with Gasteiger partial charge in [0.05, 0.1) is 0 Å². The van der Waals surface area contributed by atoms with Crippen LogP contribution in [0.25, 0.3) is 22.3 Å². The van der Waals surface area contributed by atoms with Crippen molar-refractivity contribution in [2.75, 3.05) is 61.4 Å². The first-order valence-electron chi connectivity index (χ1n) is 18.8. The van der Waals surface area contributed by atoms with Gasteiger partial charge in [0, 0.05) is 32.7 Å². The van der Waals surface area contributed by atoms with E-state index in [1.54, 1.807) is 0 Å². The molecule has 0 saturated heterocycles. The third-order valence-corrected chi connectivity index (χ3v) is 6.76. The number of fused-ring (bicyclic) bond motifs is 3. The second-order valence-corrected chi connectivity index (χ2v) is 10.3. The Bertz CT molecular complexity index is 1090. The van der Waals surface area contributed by atoms with Gasteiger partial charge in [0.25, 0.3) is 0 Å². The van der Waals surface area contributed by atoms with Crippen molar-refractivity contribution in [3.63, 3.8) is 0 Å². The van der Waals surface area contributed by atoms with Crippen molar-refractivity contribution in [2.24, 2.45) is 0 Å². The van der Waals surface area contributed by atoms with Gasteiger partial charge >= 0.3 is 0 Å². The van der Waals surface area contributed by atoms with Gasteiger partial charge in [0.2, 0.25) is 0 Å². The quantitative estimate of drug-likeness (QED) is 0.165. The molecule has 0 N–H and O–H groups in total. The largest absolute Gasteiger partial charge is 0.310 e. The molecule has 281 valence electrons. The average molecular weight is 761 g/mol. The molecule has 50 heavy (non-hydrogen) atoms. The molecule has 3 nitrogen and oxygen atoms in total. The molecule has 0 spiro atoms. The molecule has 0 unspecified atom stereocenters. The molecule has 1 radical (unpaired) electrons. The minimum Gasteiger partial charge on any atom is -0.310 e. The van der Waals surface area contributed by atoms with Crippen LogP contribution >= 0.6 is 0 Å². The first-order valence-corrected chi connectivity index (χ1v) is 18.8. The number of benzene rings is 4. The number of rotatable bonds is 5. The van der Waals surface area contributed by atoms with Gasteiger partial charge in [-0.3, -0.25) is 0 Å². The molecule has 1 aliphatic carbocycles. The molecular formula is C46H77N3Y-2. The van der Waals surface area contributed by atoms with Crippen LogP contribution in [0, 0.1) is 12.1 Å². The summed E-state index contributed by atoms with van der Waals surface area (Å²) in [7, 11) is 10.3. The molecule has 4 heteroatoms. The molecule has 0 amide bonds. The molecule has 0 aliphatic heterocycles. The second kappa shape index (κ2) is 43.0. The van der Waals surface area contributed by atoms with Crippen LogP contribution in [0.15, 0.2) is 97.1 Å². The maximum absolute atomic E-state index is 3.15. The number of hydrogen-bond donors (Lipinski definition) is 0. The van der Waals surface area contributed by atoms with Gasteiger partial charge < -0.3 is 14.7 Å². The monoisotopic (exact) mass is 761 g/mol. The summed E-state index contributed by atoms with van der Waals surface area (Å²) in [6, 6.07) is 39.5. The molecule has 0 saturated carbocycles. The van der Waals surface area contributed by atoms with Crippen molar-refractivity contribution in [3.8, 4) is 22.3 Å². The summed E-state index contributed by atoms with van der Waals surface area (Å²) in [5.41, 5.74) is 7.94. The van der Waals surface area contributed by atoms with E-state index < -0.39 is 0 Å². The molecule has 4 aromatic carbocycles. The van der Waals surface area contributed by atoms with Crippen LogP contribution in [-0.2, 0) is 39.1 Å². The summed E-state index contributed by atoms with van der Waals surface area (Å²) in [6.45, 7) is 29.2. The fourth-order valence-corrected chi connectivity index (χ4v) is 3.42. The molecule has 5 rings (SSSR count). The summed E-state index contributed by atoms with van der Waals surface area (Å²) in [5, 5.41) is 0. The van der Waals surface area contributed by atoms with Crippen LogP contribution < -0.4 is 0 Å². The summed E-state index contributed by atoms with van der Waals surface area (Å²) in [6.07, 6.45) is 1.10. The SMILES string of the molecule is CC.CC.CC.CC.CCN(C)C.CCN(C)C.CCN(C)CC.[Y].[c-]1ccccc1-c1[c-]cccc1.c1ccc2c(c1)Cc1ccccc1-2. The van der Waals surface area contributed by atoms with E-state index in [2.05, 4.69) is 138 Å². The molecule has 0 atom stereocenters. The van der Waals surface area contributed by atoms with Crippen LogP contribution in [0.1, 0.15) is 94.2 Å². The van der Waals surface area contributed by atoms with Crippen molar-refractivity contribution in [3.05, 3.63) is 120 Å². The van der Waals surface area contributed by atoms with Crippen LogP contribution in [0.4, 0.5) is 0 Å². The van der Waals surface area contributed by atoms with Crippen LogP contribution in [0.5, 0.6) is 0 Å². The van der Waals surface area contributed by atoms with E-state index in [4.69, 9.17) is 0 Å². The second-order valence-electron chi connectivity index (χ2n) is 10.3. The summed E-state index contributed by atoms with van der Waals surface area (Å²) in [5.74, 6) is 0. The Hall–Kier alpha value is -2.14. The Balaban J connectivity index is -0.000000168. The van der Waals surface area contributed by atoms with E-state index in [0.29, 0.717) is 0 Å². The van der Waals surface area contributed by atoms with Gasteiger partial charge in [-0.05, 0) is 90.1 Å². The molecule has 0 bridgehead atoms. The Labute approximate surface area is 338 Å². The van der Waals surface area contributed by atoms with E-state index >= 15 is 0 Å². The smallest absolute Gasteiger partial charge is 0 e. The minimum absolute atomic E-state index is 0. The van der Waals surface area contributed by atoms with Crippen LogP contribution in [0.2, 0.25) is 0 Å². The van der Waals surface area contributed by atoms with Crippen LogP contribution in [-0.4, -0.2) is 76.1 Å². The first-order chi connectivity index (χ1) is 23.8. The normalized spacial score (nSPS) is 9.12. The predicted molar refractivity (Wildman–Crippen MR) is 227 cm³/mol. The minimum atomic E-state index is 0. The summed E-state index contributed by atoms with van der Waals surface area (Å²) in [4.78, 5) is 6.50. The topological polar surface area (TPSA) is 9.72 Å². The molecule has 0 aromatic heterocycles. The van der Waals surface area contributed by atoms with E-state index in [1.165, 1.54) is 22.3 Å².